The van der Waals surface area contributed by atoms with E-state index in [0.717, 1.165) is 33.4 Å². The summed E-state index contributed by atoms with van der Waals surface area (Å²) in [5.41, 5.74) is 5.63. The molecule has 0 saturated heterocycles. The van der Waals surface area contributed by atoms with E-state index in [2.05, 4.69) is 33.5 Å². The molecule has 0 fully saturated rings. The summed E-state index contributed by atoms with van der Waals surface area (Å²) in [6, 6.07) is 12.1. The molecule has 2 aromatic carbocycles. The first-order valence-corrected chi connectivity index (χ1v) is 7.71. The van der Waals surface area contributed by atoms with Crippen molar-refractivity contribution in [1.29, 1.82) is 0 Å². The van der Waals surface area contributed by atoms with Crippen LogP contribution in [0, 0.1) is 12.3 Å². The van der Waals surface area contributed by atoms with Gasteiger partial charge in [0, 0.05) is 11.1 Å². The summed E-state index contributed by atoms with van der Waals surface area (Å²) in [5.74, 6) is 0.0144. The summed E-state index contributed by atoms with van der Waals surface area (Å²) in [6.07, 6.45) is 1.70. The van der Waals surface area contributed by atoms with Crippen LogP contribution in [0.3, 0.4) is 0 Å². The van der Waals surface area contributed by atoms with Crippen molar-refractivity contribution >= 4 is 22.6 Å². The number of carbonyl (C=O) groups is 1. The number of nitrogens with one attached hydrogen (secondary N) is 2. The van der Waals surface area contributed by atoms with E-state index in [-0.39, 0.29) is 5.91 Å². The number of aromatic amines is 1. The second-order valence-electron chi connectivity index (χ2n) is 6.82. The Bertz CT molecular complexity index is 872. The van der Waals surface area contributed by atoms with Crippen LogP contribution in [-0.4, -0.2) is 15.9 Å². The third-order valence-electron chi connectivity index (χ3n) is 4.00. The maximum absolute atomic E-state index is 12.2. The van der Waals surface area contributed by atoms with Gasteiger partial charge in [-0.15, -0.1) is 0 Å². The fourth-order valence-corrected chi connectivity index (χ4v) is 2.49. The molecule has 0 unspecified atom stereocenters. The van der Waals surface area contributed by atoms with Gasteiger partial charge in [-0.1, -0.05) is 39.0 Å². The number of amides is 1. The first-order chi connectivity index (χ1) is 10.9. The molecule has 1 amide bonds. The Morgan fingerprint density at radius 1 is 1.17 bits per heavy atom. The Labute approximate surface area is 136 Å². The molecule has 0 atom stereocenters. The number of benzene rings is 2. The van der Waals surface area contributed by atoms with Gasteiger partial charge >= 0.3 is 0 Å². The second-order valence-corrected chi connectivity index (χ2v) is 6.82. The van der Waals surface area contributed by atoms with Crippen LogP contribution < -0.4 is 5.32 Å². The van der Waals surface area contributed by atoms with Crippen molar-refractivity contribution in [2.24, 2.45) is 5.41 Å². The largest absolute Gasteiger partial charge is 0.345 e. The minimum atomic E-state index is -0.420. The normalized spacial score (nSPS) is 11.7. The minimum absolute atomic E-state index is 0.0144. The molecule has 3 rings (SSSR count). The number of hydrogen-bond acceptors (Lipinski definition) is 2. The zero-order valence-corrected chi connectivity index (χ0v) is 13.9. The topological polar surface area (TPSA) is 57.8 Å². The highest BCUT2D eigenvalue weighted by molar-refractivity contribution is 5.96. The third-order valence-corrected chi connectivity index (χ3v) is 4.00. The summed E-state index contributed by atoms with van der Waals surface area (Å²) >= 11 is 0. The molecule has 0 saturated carbocycles. The number of rotatable bonds is 2. The van der Waals surface area contributed by atoms with Crippen LogP contribution in [0.1, 0.15) is 26.3 Å². The van der Waals surface area contributed by atoms with Gasteiger partial charge in [-0.05, 0) is 41.8 Å². The van der Waals surface area contributed by atoms with Crippen molar-refractivity contribution in [1.82, 2.24) is 9.97 Å². The fraction of sp³-hybridized carbons (Fsp3) is 0.263. The van der Waals surface area contributed by atoms with E-state index in [4.69, 9.17) is 0 Å². The highest BCUT2D eigenvalue weighted by atomic mass is 16.2. The molecule has 0 spiro atoms. The number of hydrogen-bond donors (Lipinski definition) is 2. The third kappa shape index (κ3) is 2.97. The van der Waals surface area contributed by atoms with Gasteiger partial charge in [-0.3, -0.25) is 4.79 Å². The average Bonchev–Trinajstić information content (AvgIpc) is 2.95. The zero-order valence-electron chi connectivity index (χ0n) is 13.9. The van der Waals surface area contributed by atoms with Crippen LogP contribution >= 0.6 is 0 Å². The standard InChI is InChI=1S/C19H21N3O/c1-12-14(13-8-9-16-17(10-13)21-11-20-16)6-5-7-15(12)22-18(23)19(2,3)4/h5-11H,1-4H3,(H,20,21)(H,22,23). The van der Waals surface area contributed by atoms with Gasteiger partial charge in [-0.2, -0.15) is 0 Å². The summed E-state index contributed by atoms with van der Waals surface area (Å²) in [6.45, 7) is 7.76. The van der Waals surface area contributed by atoms with Crippen LogP contribution in [0.4, 0.5) is 5.69 Å². The summed E-state index contributed by atoms with van der Waals surface area (Å²) in [5, 5.41) is 3.03. The first-order valence-electron chi connectivity index (χ1n) is 7.71. The fourth-order valence-electron chi connectivity index (χ4n) is 2.49. The Morgan fingerprint density at radius 3 is 2.70 bits per heavy atom. The van der Waals surface area contributed by atoms with Gasteiger partial charge in [0.05, 0.1) is 17.4 Å². The smallest absolute Gasteiger partial charge is 0.229 e. The van der Waals surface area contributed by atoms with E-state index in [1.54, 1.807) is 6.33 Å². The molecular formula is C19H21N3O. The Kier molecular flexibility index (Phi) is 3.68. The number of anilines is 1. The van der Waals surface area contributed by atoms with E-state index in [9.17, 15) is 4.79 Å². The molecule has 0 aliphatic heterocycles. The average molecular weight is 307 g/mol. The highest BCUT2D eigenvalue weighted by Gasteiger charge is 2.22. The minimum Gasteiger partial charge on any atom is -0.345 e. The number of fused-ring (bicyclic) bond motifs is 1. The number of H-pyrrole nitrogens is 1. The van der Waals surface area contributed by atoms with E-state index < -0.39 is 5.41 Å². The maximum Gasteiger partial charge on any atom is 0.229 e. The zero-order chi connectivity index (χ0) is 16.6. The summed E-state index contributed by atoms with van der Waals surface area (Å²) in [4.78, 5) is 19.7. The van der Waals surface area contributed by atoms with Gasteiger partial charge in [0.15, 0.2) is 0 Å². The molecule has 0 aliphatic carbocycles. The lowest BCUT2D eigenvalue weighted by Gasteiger charge is -2.20. The molecule has 0 radical (unpaired) electrons. The first kappa shape index (κ1) is 15.3. The predicted molar refractivity (Wildman–Crippen MR) is 94.4 cm³/mol. The van der Waals surface area contributed by atoms with Crippen molar-refractivity contribution in [2.75, 3.05) is 5.32 Å². The number of aromatic nitrogens is 2. The summed E-state index contributed by atoms with van der Waals surface area (Å²) < 4.78 is 0. The van der Waals surface area contributed by atoms with Gasteiger partial charge in [-0.25, -0.2) is 4.98 Å². The van der Waals surface area contributed by atoms with Crippen molar-refractivity contribution in [3.63, 3.8) is 0 Å². The predicted octanol–water partition coefficient (Wildman–Crippen LogP) is 4.52. The molecule has 2 N–H and O–H groups in total. The maximum atomic E-state index is 12.2. The number of imidazole rings is 1. The quantitative estimate of drug-likeness (QED) is 0.731. The molecule has 1 heterocycles. The van der Waals surface area contributed by atoms with Gasteiger partial charge in [0.25, 0.3) is 0 Å². The van der Waals surface area contributed by atoms with E-state index >= 15 is 0 Å². The SMILES string of the molecule is Cc1c(NC(=O)C(C)(C)C)cccc1-c1ccc2[nH]cnc2c1. The Balaban J connectivity index is 2.00. The summed E-state index contributed by atoms with van der Waals surface area (Å²) in [7, 11) is 0. The Hall–Kier alpha value is -2.62. The van der Waals surface area contributed by atoms with Gasteiger partial charge < -0.3 is 10.3 Å². The molecule has 0 aliphatic rings. The molecule has 1 aromatic heterocycles. The van der Waals surface area contributed by atoms with Crippen molar-refractivity contribution in [2.45, 2.75) is 27.7 Å². The molecule has 118 valence electrons. The lowest BCUT2D eigenvalue weighted by molar-refractivity contribution is -0.123. The van der Waals surface area contributed by atoms with Crippen molar-refractivity contribution < 1.29 is 4.79 Å². The molecule has 23 heavy (non-hydrogen) atoms. The van der Waals surface area contributed by atoms with Gasteiger partial charge in [0.2, 0.25) is 5.91 Å². The van der Waals surface area contributed by atoms with Crippen LogP contribution in [0.5, 0.6) is 0 Å². The Morgan fingerprint density at radius 2 is 1.96 bits per heavy atom. The molecule has 4 nitrogen and oxygen atoms in total. The lowest BCUT2D eigenvalue weighted by Crippen LogP contribution is -2.27. The number of carbonyl (C=O) groups excluding carboxylic acids is 1. The van der Waals surface area contributed by atoms with Crippen LogP contribution in [0.15, 0.2) is 42.7 Å². The molecule has 4 heteroatoms. The van der Waals surface area contributed by atoms with Crippen LogP contribution in [0.2, 0.25) is 0 Å². The monoisotopic (exact) mass is 307 g/mol. The van der Waals surface area contributed by atoms with Crippen LogP contribution in [-0.2, 0) is 4.79 Å². The van der Waals surface area contributed by atoms with Crippen molar-refractivity contribution in [3.05, 3.63) is 48.3 Å². The molecular weight excluding hydrogens is 286 g/mol. The highest BCUT2D eigenvalue weighted by Crippen LogP contribution is 2.31. The van der Waals surface area contributed by atoms with E-state index in [1.165, 1.54) is 0 Å². The van der Waals surface area contributed by atoms with Crippen molar-refractivity contribution in [3.8, 4) is 11.1 Å². The van der Waals surface area contributed by atoms with Crippen LogP contribution in [0.25, 0.3) is 22.2 Å². The number of nitrogens with zero attached hydrogens (tertiary/aromatic N) is 1. The van der Waals surface area contributed by atoms with E-state index in [1.807, 2.05) is 45.9 Å². The molecule has 3 aromatic rings. The lowest BCUT2D eigenvalue weighted by atomic mass is 9.94. The second kappa shape index (κ2) is 5.54. The van der Waals surface area contributed by atoms with Gasteiger partial charge in [0.1, 0.15) is 0 Å². The van der Waals surface area contributed by atoms with E-state index in [0.29, 0.717) is 0 Å². The molecule has 0 bridgehead atoms.